The lowest BCUT2D eigenvalue weighted by molar-refractivity contribution is 1.15. The number of rotatable bonds is 6. The molecule has 0 saturated heterocycles. The molecule has 0 atom stereocenters. The van der Waals surface area contributed by atoms with E-state index in [-0.39, 0.29) is 0 Å². The van der Waals surface area contributed by atoms with E-state index in [0.29, 0.717) is 0 Å². The number of benzene rings is 5. The largest absolute Gasteiger partial charge is 0.381 e. The Labute approximate surface area is 177 Å². The third kappa shape index (κ3) is 4.13. The van der Waals surface area contributed by atoms with Crippen LogP contribution < -0.4 is 10.6 Å². The van der Waals surface area contributed by atoms with Crippen LogP contribution in [0.25, 0.3) is 21.5 Å². The molecule has 146 valence electrons. The van der Waals surface area contributed by atoms with E-state index in [0.717, 1.165) is 24.5 Å². The number of hydrogen-bond donors (Lipinski definition) is 2. The molecule has 0 radical (unpaired) electrons. The molecule has 5 rings (SSSR count). The Bertz CT molecular complexity index is 1170. The summed E-state index contributed by atoms with van der Waals surface area (Å²) in [5.74, 6) is 0. The first-order chi connectivity index (χ1) is 14.8. The van der Waals surface area contributed by atoms with Crippen molar-refractivity contribution in [1.82, 2.24) is 0 Å². The lowest BCUT2D eigenvalue weighted by Gasteiger charge is -2.11. The number of nitrogens with one attached hydrogen (secondary N) is 2. The van der Waals surface area contributed by atoms with E-state index in [1.54, 1.807) is 0 Å². The van der Waals surface area contributed by atoms with E-state index in [4.69, 9.17) is 0 Å². The van der Waals surface area contributed by atoms with E-state index >= 15 is 0 Å². The smallest absolute Gasteiger partial charge is 0.0400 e. The van der Waals surface area contributed by atoms with Gasteiger partial charge in [-0.1, -0.05) is 72.8 Å². The van der Waals surface area contributed by atoms with E-state index in [2.05, 4.69) is 108 Å². The highest BCUT2D eigenvalue weighted by Gasteiger charge is 2.02. The summed E-state index contributed by atoms with van der Waals surface area (Å²) in [6.45, 7) is 1.66. The first kappa shape index (κ1) is 18.3. The summed E-state index contributed by atoms with van der Waals surface area (Å²) in [4.78, 5) is 0. The van der Waals surface area contributed by atoms with Gasteiger partial charge in [0.05, 0.1) is 0 Å². The molecule has 2 heteroatoms. The van der Waals surface area contributed by atoms with Crippen LogP contribution in [0.15, 0.2) is 109 Å². The lowest BCUT2D eigenvalue weighted by atomic mass is 10.0. The van der Waals surface area contributed by atoms with Crippen LogP contribution in [0, 0.1) is 0 Å². The molecule has 0 fully saturated rings. The van der Waals surface area contributed by atoms with Crippen LogP contribution in [-0.2, 0) is 13.1 Å². The van der Waals surface area contributed by atoms with Gasteiger partial charge in [-0.3, -0.25) is 0 Å². The molecule has 5 aromatic carbocycles. The van der Waals surface area contributed by atoms with Gasteiger partial charge in [-0.15, -0.1) is 0 Å². The highest BCUT2D eigenvalue weighted by atomic mass is 14.9. The van der Waals surface area contributed by atoms with E-state index < -0.39 is 0 Å². The molecular formula is C28H24N2. The summed E-state index contributed by atoms with van der Waals surface area (Å²) in [6, 6.07) is 38.7. The summed E-state index contributed by atoms with van der Waals surface area (Å²) in [5, 5.41) is 12.1. The normalized spacial score (nSPS) is 10.9. The monoisotopic (exact) mass is 388 g/mol. The fraction of sp³-hybridized carbons (Fsp3) is 0.0714. The van der Waals surface area contributed by atoms with Gasteiger partial charge in [-0.2, -0.15) is 0 Å². The topological polar surface area (TPSA) is 24.1 Å². The van der Waals surface area contributed by atoms with Crippen molar-refractivity contribution < 1.29 is 0 Å². The van der Waals surface area contributed by atoms with Gasteiger partial charge in [0.15, 0.2) is 0 Å². The van der Waals surface area contributed by atoms with E-state index in [1.807, 2.05) is 12.1 Å². The molecule has 0 aliphatic carbocycles. The molecule has 5 aromatic rings. The van der Waals surface area contributed by atoms with Crippen molar-refractivity contribution in [2.45, 2.75) is 13.1 Å². The van der Waals surface area contributed by atoms with Crippen molar-refractivity contribution in [2.75, 3.05) is 10.6 Å². The second-order valence-electron chi connectivity index (χ2n) is 7.65. The predicted molar refractivity (Wildman–Crippen MR) is 129 cm³/mol. The molecule has 2 nitrogen and oxygen atoms in total. The second-order valence-corrected chi connectivity index (χ2v) is 7.65. The van der Waals surface area contributed by atoms with Crippen LogP contribution >= 0.6 is 0 Å². The maximum absolute atomic E-state index is 3.53. The van der Waals surface area contributed by atoms with Gasteiger partial charge in [0, 0.05) is 24.5 Å². The summed E-state index contributed by atoms with van der Waals surface area (Å²) >= 11 is 0. The molecule has 0 aromatic heterocycles. The van der Waals surface area contributed by atoms with Gasteiger partial charge in [0.1, 0.15) is 0 Å². The maximum Gasteiger partial charge on any atom is 0.0400 e. The number of anilines is 2. The predicted octanol–water partition coefficient (Wildman–Crippen LogP) is 7.22. The third-order valence-electron chi connectivity index (χ3n) is 5.47. The van der Waals surface area contributed by atoms with Crippen molar-refractivity contribution >= 4 is 32.9 Å². The second kappa shape index (κ2) is 8.30. The zero-order valence-corrected chi connectivity index (χ0v) is 16.8. The van der Waals surface area contributed by atoms with Gasteiger partial charge in [0.2, 0.25) is 0 Å². The van der Waals surface area contributed by atoms with Crippen LogP contribution in [0.3, 0.4) is 0 Å². The molecular weight excluding hydrogens is 364 g/mol. The summed E-state index contributed by atoms with van der Waals surface area (Å²) in [6.07, 6.45) is 0. The van der Waals surface area contributed by atoms with E-state index in [1.165, 1.54) is 32.7 Å². The molecule has 0 bridgehead atoms. The van der Waals surface area contributed by atoms with Gasteiger partial charge >= 0.3 is 0 Å². The van der Waals surface area contributed by atoms with Crippen molar-refractivity contribution in [3.05, 3.63) is 120 Å². The van der Waals surface area contributed by atoms with Gasteiger partial charge in [0.25, 0.3) is 0 Å². The van der Waals surface area contributed by atoms with Gasteiger partial charge in [-0.25, -0.2) is 0 Å². The van der Waals surface area contributed by atoms with Crippen molar-refractivity contribution in [3.8, 4) is 0 Å². The summed E-state index contributed by atoms with van der Waals surface area (Å²) < 4.78 is 0. The van der Waals surface area contributed by atoms with Crippen LogP contribution in [0.1, 0.15) is 11.1 Å². The standard InChI is InChI=1S/C28H24N2/c1-3-7-21(8-4-1)19-29-27-13-11-23-16-26-18-28(14-12-24(26)15-25(23)17-27)30-20-22-9-5-2-6-10-22/h1-18,29-30H,19-20H2. The summed E-state index contributed by atoms with van der Waals surface area (Å²) in [5.41, 5.74) is 4.86. The van der Waals surface area contributed by atoms with Crippen molar-refractivity contribution in [2.24, 2.45) is 0 Å². The van der Waals surface area contributed by atoms with Crippen LogP contribution in [0.5, 0.6) is 0 Å². The fourth-order valence-electron chi connectivity index (χ4n) is 3.82. The van der Waals surface area contributed by atoms with Crippen molar-refractivity contribution in [3.63, 3.8) is 0 Å². The van der Waals surface area contributed by atoms with Crippen LogP contribution in [0.2, 0.25) is 0 Å². The Hall–Kier alpha value is -3.78. The first-order valence-electron chi connectivity index (χ1n) is 10.4. The average Bonchev–Trinajstić information content (AvgIpc) is 2.81. The molecule has 0 spiro atoms. The number of fused-ring (bicyclic) bond motifs is 2. The zero-order chi connectivity index (χ0) is 20.2. The third-order valence-corrected chi connectivity index (χ3v) is 5.47. The molecule has 0 saturated carbocycles. The van der Waals surface area contributed by atoms with Crippen LogP contribution in [-0.4, -0.2) is 0 Å². The van der Waals surface area contributed by atoms with Crippen molar-refractivity contribution in [1.29, 1.82) is 0 Å². The van der Waals surface area contributed by atoms with Crippen LogP contribution in [0.4, 0.5) is 11.4 Å². The van der Waals surface area contributed by atoms with Gasteiger partial charge < -0.3 is 10.6 Å². The first-order valence-corrected chi connectivity index (χ1v) is 10.4. The molecule has 2 N–H and O–H groups in total. The Kier molecular flexibility index (Phi) is 5.05. The molecule has 0 unspecified atom stereocenters. The molecule has 30 heavy (non-hydrogen) atoms. The quantitative estimate of drug-likeness (QED) is 0.300. The maximum atomic E-state index is 3.53. The van der Waals surface area contributed by atoms with E-state index in [9.17, 15) is 0 Å². The van der Waals surface area contributed by atoms with Gasteiger partial charge in [-0.05, 0) is 69.1 Å². The highest BCUT2D eigenvalue weighted by Crippen LogP contribution is 2.27. The molecule has 0 aliphatic rings. The Morgan fingerprint density at radius 3 is 1.27 bits per heavy atom. The lowest BCUT2D eigenvalue weighted by Crippen LogP contribution is -1.99. The minimum Gasteiger partial charge on any atom is -0.381 e. The Morgan fingerprint density at radius 1 is 0.400 bits per heavy atom. The molecule has 0 amide bonds. The Balaban J connectivity index is 1.36. The minimum absolute atomic E-state index is 0.830. The molecule has 0 heterocycles. The minimum atomic E-state index is 0.830. The highest BCUT2D eigenvalue weighted by molar-refractivity contribution is 6.00. The molecule has 0 aliphatic heterocycles. The zero-order valence-electron chi connectivity index (χ0n) is 16.8. The average molecular weight is 389 g/mol. The number of hydrogen-bond acceptors (Lipinski definition) is 2. The fourth-order valence-corrected chi connectivity index (χ4v) is 3.82. The SMILES string of the molecule is c1ccc(CNc2ccc3cc4cc(NCc5ccccc5)ccc4cc3c2)cc1. The summed E-state index contributed by atoms with van der Waals surface area (Å²) in [7, 11) is 0. The Morgan fingerprint density at radius 2 is 0.833 bits per heavy atom.